The number of hydrogen-bond donors (Lipinski definition) is 3. The van der Waals surface area contributed by atoms with Crippen molar-refractivity contribution in [2.75, 3.05) is 13.7 Å². The van der Waals surface area contributed by atoms with Crippen LogP contribution in [0.15, 0.2) is 24.3 Å². The number of carbonyl (C=O) groups excluding carboxylic acids is 3. The van der Waals surface area contributed by atoms with E-state index in [0.717, 1.165) is 11.0 Å². The fraction of sp³-hybridized carbons (Fsp3) is 0.625. The van der Waals surface area contributed by atoms with Gasteiger partial charge < -0.3 is 20.6 Å². The number of aromatic nitrogens is 3. The summed E-state index contributed by atoms with van der Waals surface area (Å²) in [4.78, 5) is 42.5. The Morgan fingerprint density at radius 3 is 2.75 bits per heavy atom. The number of nitrogens with one attached hydrogen (secondary N) is 2. The fourth-order valence-electron chi connectivity index (χ4n) is 6.33. The summed E-state index contributed by atoms with van der Waals surface area (Å²) in [5.41, 5.74) is 1.51. The second-order valence-corrected chi connectivity index (χ2v) is 13.0. The summed E-state index contributed by atoms with van der Waals surface area (Å²) in [7, 11) is 1.58. The molecule has 2 bridgehead atoms. The molecule has 12 heteroatoms. The normalized spacial score (nSPS) is 31.8. The molecule has 10 nitrogen and oxygen atoms in total. The van der Waals surface area contributed by atoms with Crippen molar-refractivity contribution in [3.8, 4) is 0 Å². The van der Waals surface area contributed by atoms with Crippen LogP contribution < -0.4 is 10.6 Å². The van der Waals surface area contributed by atoms with Gasteiger partial charge in [-0.15, -0.1) is 16.9 Å². The molecule has 1 spiro atoms. The average Bonchev–Trinajstić information content (AvgIpc) is 3.57. The van der Waals surface area contributed by atoms with Crippen LogP contribution in [-0.2, 0) is 21.1 Å². The Morgan fingerprint density at radius 2 is 2.06 bits per heavy atom. The van der Waals surface area contributed by atoms with Crippen molar-refractivity contribution in [1.29, 1.82) is 0 Å². The van der Waals surface area contributed by atoms with Crippen LogP contribution in [0, 0.1) is 17.8 Å². The van der Waals surface area contributed by atoms with Crippen molar-refractivity contribution in [2.45, 2.75) is 60.3 Å². The van der Waals surface area contributed by atoms with Crippen molar-refractivity contribution in [2.24, 2.45) is 17.8 Å². The van der Waals surface area contributed by atoms with E-state index in [2.05, 4.69) is 36.9 Å². The van der Waals surface area contributed by atoms with E-state index >= 15 is 0 Å². The molecule has 1 aromatic heterocycles. The lowest BCUT2D eigenvalue weighted by atomic mass is 9.70. The lowest BCUT2D eigenvalue weighted by Crippen LogP contribution is -2.57. The minimum absolute atomic E-state index is 0.000958. The zero-order valence-corrected chi connectivity index (χ0v) is 22.8. The number of thioether (sulfide) groups is 1. The Bertz CT molecular complexity index is 1190. The molecule has 4 heterocycles. The third kappa shape index (κ3) is 3.83. The predicted molar refractivity (Wildman–Crippen MR) is 139 cm³/mol. The van der Waals surface area contributed by atoms with E-state index in [9.17, 15) is 19.5 Å². The van der Waals surface area contributed by atoms with Gasteiger partial charge in [0.15, 0.2) is 0 Å². The Labute approximate surface area is 222 Å². The first-order valence-electron chi connectivity index (χ1n) is 12.3. The first kappa shape index (κ1) is 25.5. The number of aliphatic hydroxyl groups excluding tert-OH is 1. The molecule has 3 N–H and O–H groups in total. The molecular formula is C24H31BrN6O4S. The average molecular weight is 580 g/mol. The molecule has 3 fully saturated rings. The van der Waals surface area contributed by atoms with Crippen molar-refractivity contribution in [3.63, 3.8) is 0 Å². The number of hydrogen-bond acceptors (Lipinski definition) is 7. The number of nitrogens with zero attached hydrogens (tertiary/aromatic N) is 4. The molecule has 0 radical (unpaired) electrons. The molecule has 3 saturated heterocycles. The number of aliphatic hydroxyl groups is 1. The van der Waals surface area contributed by atoms with E-state index < -0.39 is 28.7 Å². The lowest BCUT2D eigenvalue weighted by molar-refractivity contribution is -0.143. The van der Waals surface area contributed by atoms with Crippen LogP contribution in [0.25, 0.3) is 11.0 Å². The van der Waals surface area contributed by atoms with Gasteiger partial charge in [0.2, 0.25) is 17.7 Å². The summed E-state index contributed by atoms with van der Waals surface area (Å²) >= 11 is 5.32. The van der Waals surface area contributed by atoms with E-state index in [4.69, 9.17) is 0 Å². The van der Waals surface area contributed by atoms with Gasteiger partial charge in [0.1, 0.15) is 18.2 Å². The summed E-state index contributed by atoms with van der Waals surface area (Å²) in [6.07, 6.45) is 1.14. The molecule has 3 unspecified atom stereocenters. The number of amides is 3. The number of carbonyl (C=O) groups is 3. The monoisotopic (exact) mass is 578 g/mol. The van der Waals surface area contributed by atoms with Crippen LogP contribution in [0.1, 0.15) is 26.7 Å². The number of rotatable bonds is 8. The fourth-order valence-corrected chi connectivity index (χ4v) is 9.93. The lowest BCUT2D eigenvalue weighted by Gasteiger charge is -2.37. The van der Waals surface area contributed by atoms with Gasteiger partial charge in [-0.05, 0) is 30.9 Å². The Morgan fingerprint density at radius 1 is 1.31 bits per heavy atom. The summed E-state index contributed by atoms with van der Waals surface area (Å²) in [5.74, 6) is -1.66. The van der Waals surface area contributed by atoms with Crippen LogP contribution in [0.3, 0.4) is 0 Å². The van der Waals surface area contributed by atoms with Gasteiger partial charge >= 0.3 is 0 Å². The molecule has 0 saturated carbocycles. The molecule has 36 heavy (non-hydrogen) atoms. The summed E-state index contributed by atoms with van der Waals surface area (Å²) in [6, 6.07) is 6.15. The SMILES string of the molecule is CNC(=O)[C@H]1[C@@H]2SC3(CC2Br)C(C(=O)NCn2nnc4ccccc42)N([C@@H](CO)CC(C)C)C(=O)[C@H]13. The predicted octanol–water partition coefficient (Wildman–Crippen LogP) is 1.12. The molecule has 3 amide bonds. The minimum atomic E-state index is -0.814. The van der Waals surface area contributed by atoms with Gasteiger partial charge in [-0.1, -0.05) is 47.1 Å². The van der Waals surface area contributed by atoms with Gasteiger partial charge in [0, 0.05) is 17.1 Å². The summed E-state index contributed by atoms with van der Waals surface area (Å²) in [6.45, 7) is 3.89. The number of fused-ring (bicyclic) bond motifs is 2. The van der Waals surface area contributed by atoms with E-state index in [1.807, 2.05) is 38.1 Å². The zero-order chi connectivity index (χ0) is 25.8. The first-order valence-corrected chi connectivity index (χ1v) is 14.1. The Kier molecular flexibility index (Phi) is 6.80. The van der Waals surface area contributed by atoms with Gasteiger partial charge in [-0.2, -0.15) is 0 Å². The number of halogens is 1. The molecule has 1 aromatic carbocycles. The largest absolute Gasteiger partial charge is 0.394 e. The third-order valence-electron chi connectivity index (χ3n) is 7.70. The first-order chi connectivity index (χ1) is 17.2. The standard InChI is InChI=1S/C24H31BrN6O4S/c1-12(2)8-13(10-32)31-20(22(34)27-11-30-16-7-5-4-6-15(16)28-29-30)24-9-14(25)19(36-24)17(21(33)26-3)18(24)23(31)35/h4-7,12-14,17-20,32H,8-11H2,1-3H3,(H,26,33)(H,27,34)/t13-,14?,17-,18+,19-,20?,24?/m1/s1. The topological polar surface area (TPSA) is 129 Å². The number of likely N-dealkylation sites (tertiary alicyclic amines) is 1. The van der Waals surface area contributed by atoms with E-state index in [-0.39, 0.29) is 47.0 Å². The van der Waals surface area contributed by atoms with Crippen molar-refractivity contribution >= 4 is 56.4 Å². The van der Waals surface area contributed by atoms with E-state index in [1.165, 1.54) is 0 Å². The highest BCUT2D eigenvalue weighted by atomic mass is 79.9. The van der Waals surface area contributed by atoms with Crippen molar-refractivity contribution in [1.82, 2.24) is 30.5 Å². The molecule has 5 rings (SSSR count). The quantitative estimate of drug-likeness (QED) is 0.400. The van der Waals surface area contributed by atoms with Gasteiger partial charge in [0.05, 0.1) is 34.7 Å². The highest BCUT2D eigenvalue weighted by molar-refractivity contribution is 9.09. The van der Waals surface area contributed by atoms with E-state index in [0.29, 0.717) is 12.8 Å². The maximum Gasteiger partial charge on any atom is 0.245 e. The minimum Gasteiger partial charge on any atom is -0.394 e. The van der Waals surface area contributed by atoms with E-state index in [1.54, 1.807) is 28.4 Å². The number of alkyl halides is 1. The maximum atomic E-state index is 14.0. The molecule has 3 aliphatic rings. The zero-order valence-electron chi connectivity index (χ0n) is 20.4. The number of benzene rings is 1. The van der Waals surface area contributed by atoms with Crippen LogP contribution in [0.2, 0.25) is 0 Å². The number of para-hydroxylation sites is 1. The Balaban J connectivity index is 1.50. The van der Waals surface area contributed by atoms with Gasteiger partial charge in [-0.3, -0.25) is 14.4 Å². The molecule has 2 aromatic rings. The smallest absolute Gasteiger partial charge is 0.245 e. The summed E-state index contributed by atoms with van der Waals surface area (Å²) in [5, 5.41) is 24.2. The second kappa shape index (κ2) is 9.60. The second-order valence-electron chi connectivity index (χ2n) is 10.3. The molecule has 194 valence electrons. The molecule has 7 atom stereocenters. The molecule has 3 aliphatic heterocycles. The van der Waals surface area contributed by atoms with Crippen LogP contribution in [0.5, 0.6) is 0 Å². The summed E-state index contributed by atoms with van der Waals surface area (Å²) < 4.78 is 0.854. The van der Waals surface area contributed by atoms with Crippen LogP contribution in [-0.4, -0.2) is 83.3 Å². The van der Waals surface area contributed by atoms with Crippen molar-refractivity contribution < 1.29 is 19.5 Å². The molecule has 0 aliphatic carbocycles. The third-order valence-corrected chi connectivity index (χ3v) is 10.9. The maximum absolute atomic E-state index is 14.0. The molecular weight excluding hydrogens is 548 g/mol. The van der Waals surface area contributed by atoms with Crippen molar-refractivity contribution in [3.05, 3.63) is 24.3 Å². The Hall–Kier alpha value is -2.18. The highest BCUT2D eigenvalue weighted by Crippen LogP contribution is 2.68. The van der Waals surface area contributed by atoms with Gasteiger partial charge in [-0.25, -0.2) is 4.68 Å². The highest BCUT2D eigenvalue weighted by Gasteiger charge is 2.76. The van der Waals surface area contributed by atoms with Gasteiger partial charge in [0.25, 0.3) is 0 Å². The van der Waals surface area contributed by atoms with Crippen LogP contribution >= 0.6 is 27.7 Å². The van der Waals surface area contributed by atoms with Crippen LogP contribution in [0.4, 0.5) is 0 Å².